The van der Waals surface area contributed by atoms with E-state index in [0.717, 1.165) is 5.56 Å². The Bertz CT molecular complexity index is 1160. The highest BCUT2D eigenvalue weighted by atomic mass is 127. The molecule has 0 amide bonds. The molecule has 0 spiro atoms. The van der Waals surface area contributed by atoms with Crippen LogP contribution in [0.1, 0.15) is 28.9 Å². The Morgan fingerprint density at radius 2 is 1.97 bits per heavy atom. The van der Waals surface area contributed by atoms with Crippen LogP contribution in [0.3, 0.4) is 0 Å². The minimum absolute atomic E-state index is 0.00920. The molecule has 1 aromatic heterocycles. The first-order valence-electron chi connectivity index (χ1n) is 8.56. The molecule has 0 radical (unpaired) electrons. The van der Waals surface area contributed by atoms with Gasteiger partial charge in [-0.3, -0.25) is 0 Å². The number of carbonyl (C=O) groups excluding carboxylic acids is 1. The summed E-state index contributed by atoms with van der Waals surface area (Å²) in [6, 6.07) is 14.2. The fourth-order valence-electron chi connectivity index (χ4n) is 2.66. The van der Waals surface area contributed by atoms with E-state index in [-0.39, 0.29) is 17.3 Å². The van der Waals surface area contributed by atoms with Gasteiger partial charge in [0.15, 0.2) is 0 Å². The number of benzene rings is 2. The van der Waals surface area contributed by atoms with Gasteiger partial charge in [0, 0.05) is 9.99 Å². The van der Waals surface area contributed by atoms with Crippen molar-refractivity contribution in [1.82, 2.24) is 14.8 Å². The molecule has 0 atom stereocenters. The van der Waals surface area contributed by atoms with Crippen LogP contribution in [0.5, 0.6) is 0 Å². The summed E-state index contributed by atoms with van der Waals surface area (Å²) in [5.41, 5.74) is 1.61. The van der Waals surface area contributed by atoms with Gasteiger partial charge < -0.3 is 4.74 Å². The highest BCUT2D eigenvalue weighted by molar-refractivity contribution is 14.2. The fraction of sp³-hybridized carbons (Fsp3) is 0.158. The number of primary sulfonamides is 1. The second-order valence-electron chi connectivity index (χ2n) is 5.94. The maximum Gasteiger partial charge on any atom is 0.378 e. The first-order chi connectivity index (χ1) is 13.8. The van der Waals surface area contributed by atoms with E-state index in [1.165, 1.54) is 12.1 Å². The Kier molecular flexibility index (Phi) is 6.55. The number of sulfonamides is 1. The van der Waals surface area contributed by atoms with Gasteiger partial charge in [-0.15, -0.1) is 5.10 Å². The van der Waals surface area contributed by atoms with Gasteiger partial charge in [-0.05, 0) is 30.7 Å². The lowest BCUT2D eigenvalue weighted by atomic mass is 10.1. The van der Waals surface area contributed by atoms with E-state index in [1.54, 1.807) is 17.7 Å². The van der Waals surface area contributed by atoms with Crippen molar-refractivity contribution in [2.24, 2.45) is 5.14 Å². The van der Waals surface area contributed by atoms with Gasteiger partial charge >= 0.3 is 5.97 Å². The summed E-state index contributed by atoms with van der Waals surface area (Å²) in [5, 5.41) is 9.58. The van der Waals surface area contributed by atoms with Crippen LogP contribution in [-0.2, 0) is 21.2 Å². The van der Waals surface area contributed by atoms with E-state index in [0.29, 0.717) is 21.5 Å². The van der Waals surface area contributed by atoms with Crippen molar-refractivity contribution in [3.8, 4) is 5.69 Å². The summed E-state index contributed by atoms with van der Waals surface area (Å²) < 4.78 is 34.6. The summed E-state index contributed by atoms with van der Waals surface area (Å²) in [6.07, 6.45) is 0.430. The molecule has 2 aromatic carbocycles. The van der Waals surface area contributed by atoms with Crippen LogP contribution in [0.4, 0.5) is 0 Å². The summed E-state index contributed by atoms with van der Waals surface area (Å²) in [5.74, 6) is -0.143. The molecule has 152 valence electrons. The van der Waals surface area contributed by atoms with E-state index in [2.05, 4.69) is 14.6 Å². The van der Waals surface area contributed by atoms with Crippen molar-refractivity contribution >= 4 is 41.2 Å². The third-order valence-corrected chi connectivity index (χ3v) is 6.55. The molecular weight excluding hydrogens is 507 g/mol. The van der Waals surface area contributed by atoms with Gasteiger partial charge in [0.25, 0.3) is 5.82 Å². The number of ether oxygens (including phenoxy) is 1. The summed E-state index contributed by atoms with van der Waals surface area (Å²) in [6.45, 7) is 1.91. The molecule has 0 aliphatic heterocycles. The topological polar surface area (TPSA) is 117 Å². The van der Waals surface area contributed by atoms with Gasteiger partial charge in [-0.25, -0.2) is 28.0 Å². The number of esters is 1. The van der Waals surface area contributed by atoms with E-state index >= 15 is 0 Å². The van der Waals surface area contributed by atoms with Crippen LogP contribution in [0.15, 0.2) is 53.4 Å². The molecule has 0 saturated heterocycles. The first-order valence-corrected chi connectivity index (χ1v) is 12.7. The number of aromatic nitrogens is 3. The molecule has 0 aliphatic carbocycles. The monoisotopic (exact) mass is 526 g/mol. The third kappa shape index (κ3) is 4.95. The zero-order valence-corrected chi connectivity index (χ0v) is 18.6. The Morgan fingerprint density at radius 3 is 2.59 bits per heavy atom. The normalized spacial score (nSPS) is 11.4. The van der Waals surface area contributed by atoms with Crippen molar-refractivity contribution in [1.29, 1.82) is 0 Å². The summed E-state index contributed by atoms with van der Waals surface area (Å²) in [7, 11) is -3.84. The molecule has 8 nitrogen and oxygen atoms in total. The van der Waals surface area contributed by atoms with Gasteiger partial charge in [-0.2, -0.15) is 0 Å². The predicted molar refractivity (Wildman–Crippen MR) is 118 cm³/mol. The molecule has 0 bridgehead atoms. The maximum absolute atomic E-state index is 12.2. The smallest absolute Gasteiger partial charge is 0.378 e. The number of rotatable bonds is 7. The number of hydrogen-bond donors (Lipinski definition) is 1. The number of hydrogen-bond acceptors (Lipinski definition) is 6. The quantitative estimate of drug-likeness (QED) is 0.373. The molecule has 10 heteroatoms. The van der Waals surface area contributed by atoms with Gasteiger partial charge in [0.05, 0.1) is 17.2 Å². The van der Waals surface area contributed by atoms with Crippen LogP contribution < -0.4 is 5.14 Å². The lowest BCUT2D eigenvalue weighted by Crippen LogP contribution is -2.13. The van der Waals surface area contributed by atoms with E-state index < -0.39 is 36.7 Å². The van der Waals surface area contributed by atoms with Crippen molar-refractivity contribution in [3.63, 3.8) is 0 Å². The van der Waals surface area contributed by atoms with Gasteiger partial charge in [0.1, 0.15) is 5.82 Å². The van der Waals surface area contributed by atoms with Crippen LogP contribution in [0.25, 0.3) is 5.69 Å². The standard InChI is InChI=1S/C19H19IN4O4S/c1-3-28-19(25)18-22-17(11-13-7-5-4-6-8-13)24(23-18)16-10-9-14(29(21,26)27)12-15(16)20-2/h4-10,12H,2-3,11H2,1H3,(H2,21,26,27). The maximum atomic E-state index is 12.2. The van der Waals surface area contributed by atoms with Crippen molar-refractivity contribution in [2.75, 3.05) is 6.61 Å². The summed E-state index contributed by atoms with van der Waals surface area (Å²) in [4.78, 5) is 16.6. The number of nitrogens with zero attached hydrogens (tertiary/aromatic N) is 3. The fourth-order valence-corrected chi connectivity index (χ4v) is 4.76. The average molecular weight is 526 g/mol. The zero-order chi connectivity index (χ0) is 21.0. The molecule has 0 aliphatic rings. The lowest BCUT2D eigenvalue weighted by molar-refractivity contribution is 0.0512. The molecular formula is C19H19IN4O4S. The molecule has 29 heavy (non-hydrogen) atoms. The van der Waals surface area contributed by atoms with Crippen LogP contribution in [-0.4, -0.2) is 40.3 Å². The minimum Gasteiger partial charge on any atom is -0.460 e. The van der Waals surface area contributed by atoms with Crippen molar-refractivity contribution < 1.29 is 17.9 Å². The molecule has 0 saturated carbocycles. The lowest BCUT2D eigenvalue weighted by Gasteiger charge is -2.10. The molecule has 3 rings (SSSR count). The number of nitrogens with two attached hydrogens (primary N) is 1. The molecule has 2 N–H and O–H groups in total. The Morgan fingerprint density at radius 1 is 1.24 bits per heavy atom. The molecule has 0 fully saturated rings. The number of halogens is 1. The van der Waals surface area contributed by atoms with E-state index in [9.17, 15) is 13.2 Å². The van der Waals surface area contributed by atoms with E-state index in [4.69, 9.17) is 9.88 Å². The third-order valence-electron chi connectivity index (χ3n) is 3.96. The number of carbonyl (C=O) groups is 1. The molecule has 3 aromatic rings. The highest BCUT2D eigenvalue weighted by Crippen LogP contribution is 2.25. The van der Waals surface area contributed by atoms with Crippen LogP contribution >= 0.6 is 20.7 Å². The van der Waals surface area contributed by atoms with Gasteiger partial charge in [-0.1, -0.05) is 55.6 Å². The van der Waals surface area contributed by atoms with Crippen LogP contribution in [0.2, 0.25) is 0 Å². The van der Waals surface area contributed by atoms with Crippen molar-refractivity contribution in [2.45, 2.75) is 18.2 Å². The van der Waals surface area contributed by atoms with Gasteiger partial charge in [0.2, 0.25) is 10.0 Å². The summed E-state index contributed by atoms with van der Waals surface area (Å²) >= 11 is -0.765. The molecule has 1 heterocycles. The zero-order valence-electron chi connectivity index (χ0n) is 15.6. The Labute approximate surface area is 178 Å². The largest absolute Gasteiger partial charge is 0.460 e. The van der Waals surface area contributed by atoms with E-state index in [1.807, 2.05) is 30.3 Å². The first kappa shape index (κ1) is 21.3. The second-order valence-corrected chi connectivity index (χ2v) is 9.42. The predicted octanol–water partition coefficient (Wildman–Crippen LogP) is 2.25. The Balaban J connectivity index is 2.14. The second kappa shape index (κ2) is 8.93. The van der Waals surface area contributed by atoms with Crippen LogP contribution in [0, 0.1) is 3.57 Å². The van der Waals surface area contributed by atoms with Crippen molar-refractivity contribution in [3.05, 3.63) is 69.3 Å². The minimum atomic E-state index is -3.84. The Hall–Kier alpha value is -2.44. The molecule has 0 unspecified atom stereocenters. The highest BCUT2D eigenvalue weighted by Gasteiger charge is 2.21. The average Bonchev–Trinajstić information content (AvgIpc) is 3.11. The SMILES string of the molecule is C=Ic1cc(S(N)(=O)=O)ccc1-n1nc(C(=O)OCC)nc1Cc1ccccc1.